The van der Waals surface area contributed by atoms with E-state index in [9.17, 15) is 0 Å². The third-order valence-corrected chi connectivity index (χ3v) is 22.3. The second kappa shape index (κ2) is 18.8. The number of likely N-dealkylation sites (tertiary alicyclic amines) is 1. The lowest BCUT2D eigenvalue weighted by molar-refractivity contribution is -0.158. The molecular formula is C50H57N6O5PSSi. The van der Waals surface area contributed by atoms with Gasteiger partial charge >= 0.3 is 5.97 Å². The first-order valence-corrected chi connectivity index (χ1v) is 26.9. The van der Waals surface area contributed by atoms with Crippen molar-refractivity contribution >= 4 is 76.1 Å². The molecule has 0 radical (unpaired) electrons. The molecule has 4 heterocycles. The van der Waals surface area contributed by atoms with Crippen LogP contribution in [0.1, 0.15) is 55.5 Å². The second-order valence-electron chi connectivity index (χ2n) is 17.8. The van der Waals surface area contributed by atoms with Crippen LogP contribution < -0.4 is 15.9 Å². The highest BCUT2D eigenvalue weighted by molar-refractivity contribution is 7.96. The Morgan fingerprint density at radius 1 is 0.938 bits per heavy atom. The van der Waals surface area contributed by atoms with Gasteiger partial charge in [0.1, 0.15) is 34.6 Å². The Kier molecular flexibility index (Phi) is 13.6. The number of amides is 1. The van der Waals surface area contributed by atoms with Crippen LogP contribution in [0, 0.1) is 11.8 Å². The highest BCUT2D eigenvalue weighted by atomic mass is 32.1. The minimum atomic E-state index is -3.26. The Hall–Kier alpha value is -5.72. The van der Waals surface area contributed by atoms with E-state index in [1.54, 1.807) is 34.8 Å². The third-order valence-electron chi connectivity index (χ3n) is 12.3. The number of ketones is 1. The molecule has 1 fully saturated rings. The van der Waals surface area contributed by atoms with Crippen molar-refractivity contribution in [1.29, 1.82) is 0 Å². The molecule has 14 heteroatoms. The summed E-state index contributed by atoms with van der Waals surface area (Å²) in [5.74, 6) is -2.68. The Balaban J connectivity index is 1.47. The molecule has 0 saturated carbocycles. The number of nitrogens with zero attached hydrogens (tertiary/aromatic N) is 6. The number of rotatable bonds is 16. The van der Waals surface area contributed by atoms with Gasteiger partial charge in [0.05, 0.1) is 22.9 Å². The van der Waals surface area contributed by atoms with Crippen LogP contribution in [0.2, 0.25) is 18.1 Å². The number of ether oxygens (including phenoxy) is 1. The van der Waals surface area contributed by atoms with E-state index in [0.717, 1.165) is 26.3 Å². The summed E-state index contributed by atoms with van der Waals surface area (Å²) in [6.07, 6.45) is 7.86. The van der Waals surface area contributed by atoms with E-state index >= 15 is 14.4 Å². The molecule has 0 bridgehead atoms. The SMILES string of the molecule is C=CCOC(=O)C(N1C(=O)[C@H]([C@@H](C)O[Si](C)(C)C(C)(C)C)[C@H]1[C@@H](C)C(=O)c1cn2cnc(C(=NN(C)C)c3cccnc3)c2s1)=P(c1ccccc1)(c1ccccc1)c1ccccc1. The molecule has 1 amide bonds. The van der Waals surface area contributed by atoms with Gasteiger partial charge in [-0.15, -0.1) is 11.3 Å². The molecule has 4 atom stereocenters. The summed E-state index contributed by atoms with van der Waals surface area (Å²) in [6.45, 7) is 15.1. The molecule has 332 valence electrons. The Labute approximate surface area is 381 Å². The fourth-order valence-electron chi connectivity index (χ4n) is 8.27. The predicted molar refractivity (Wildman–Crippen MR) is 263 cm³/mol. The Bertz CT molecular complexity index is 2630. The number of fused-ring (bicyclic) bond motifs is 1. The Morgan fingerprint density at radius 2 is 1.52 bits per heavy atom. The van der Waals surface area contributed by atoms with Crippen molar-refractivity contribution in [2.75, 3.05) is 20.7 Å². The fraction of sp³-hybridized carbons (Fsp3) is 0.300. The number of hydrogen-bond donors (Lipinski definition) is 0. The molecular weight excluding hydrogens is 856 g/mol. The summed E-state index contributed by atoms with van der Waals surface area (Å²) < 4.78 is 14.9. The monoisotopic (exact) mass is 912 g/mol. The molecule has 3 aromatic carbocycles. The number of hydrazone groups is 1. The largest absolute Gasteiger partial charge is 0.457 e. The first-order valence-electron chi connectivity index (χ1n) is 21.4. The summed E-state index contributed by atoms with van der Waals surface area (Å²) in [6, 6.07) is 32.6. The van der Waals surface area contributed by atoms with Gasteiger partial charge in [0.25, 0.3) is 0 Å². The second-order valence-corrected chi connectivity index (χ2v) is 26.9. The lowest BCUT2D eigenvalue weighted by atomic mass is 9.75. The van der Waals surface area contributed by atoms with Gasteiger partial charge in [-0.05, 0) is 53.1 Å². The molecule has 3 aromatic heterocycles. The molecule has 0 N–H and O–H groups in total. The first-order chi connectivity index (χ1) is 30.5. The number of β-lactam (4-membered cyclic amide) rings is 1. The third kappa shape index (κ3) is 8.62. The molecule has 0 spiro atoms. The zero-order valence-electron chi connectivity index (χ0n) is 38.0. The number of pyridine rings is 1. The number of Topliss-reactive ketones (excluding diaryl/α,β-unsaturated/α-hetero) is 1. The fourth-order valence-corrected chi connectivity index (χ4v) is 15.2. The van der Waals surface area contributed by atoms with Gasteiger partial charge in [-0.25, -0.2) is 9.78 Å². The van der Waals surface area contributed by atoms with Crippen molar-refractivity contribution in [3.05, 3.63) is 157 Å². The van der Waals surface area contributed by atoms with Crippen molar-refractivity contribution in [3.63, 3.8) is 0 Å². The summed E-state index contributed by atoms with van der Waals surface area (Å²) >= 11 is 1.32. The van der Waals surface area contributed by atoms with Gasteiger partial charge in [0.15, 0.2) is 14.1 Å². The van der Waals surface area contributed by atoms with Crippen LogP contribution in [0.4, 0.5) is 0 Å². The van der Waals surface area contributed by atoms with Gasteiger partial charge in [-0.1, -0.05) is 131 Å². The molecule has 1 aliphatic heterocycles. The zero-order valence-corrected chi connectivity index (χ0v) is 40.7. The van der Waals surface area contributed by atoms with Crippen LogP contribution in [0.15, 0.2) is 146 Å². The van der Waals surface area contributed by atoms with E-state index in [2.05, 4.69) is 45.4 Å². The van der Waals surface area contributed by atoms with Crippen molar-refractivity contribution in [2.45, 2.75) is 64.9 Å². The molecule has 6 aromatic rings. The number of imidazole rings is 1. The summed E-state index contributed by atoms with van der Waals surface area (Å²) in [5.41, 5.74) is 2.21. The van der Waals surface area contributed by atoms with Gasteiger partial charge in [0.2, 0.25) is 5.91 Å². The van der Waals surface area contributed by atoms with Crippen molar-refractivity contribution in [1.82, 2.24) is 24.3 Å². The number of aromatic nitrogens is 3. The molecule has 7 rings (SSSR count). The quantitative estimate of drug-likeness (QED) is 0.0140. The number of thiazole rings is 1. The molecule has 11 nitrogen and oxygen atoms in total. The maximum Gasteiger partial charge on any atom is 0.356 e. The molecule has 0 aliphatic carbocycles. The number of esters is 1. The number of hydrogen-bond acceptors (Lipinski definition) is 10. The smallest absolute Gasteiger partial charge is 0.356 e. The molecule has 64 heavy (non-hydrogen) atoms. The molecule has 0 unspecified atom stereocenters. The standard InChI is InChI=1S/C50H57N6O5PSSi/c1-11-30-60-49(59)47(62(37-23-15-12-16-24-37,38-25-17-13-18-26-38)39-27-19-14-20-28-39)56-44(41(46(56)58)35(3)61-64(9,10)50(4,5)6)34(2)45(57)40-32-55-33-52-43(48(55)63-40)42(53-54(7)8)36-22-21-29-51-31-36/h11-29,31-35,41,44H,1,30H2,2-10H3/t34-,35-,41-,44-/m1/s1. The number of carbonyl (C=O) groups excluding carboxylic acids is 3. The topological polar surface area (TPSA) is 119 Å². The van der Waals surface area contributed by atoms with E-state index in [1.807, 2.05) is 135 Å². The molecule has 1 aliphatic rings. The van der Waals surface area contributed by atoms with Crippen LogP contribution >= 0.6 is 18.2 Å². The van der Waals surface area contributed by atoms with Gasteiger partial charge in [-0.2, -0.15) is 5.10 Å². The van der Waals surface area contributed by atoms with Crippen LogP contribution in [-0.2, 0) is 18.8 Å². The Morgan fingerprint density at radius 3 is 2.02 bits per heavy atom. The highest BCUT2D eigenvalue weighted by Gasteiger charge is 2.59. The van der Waals surface area contributed by atoms with Gasteiger partial charge in [0, 0.05) is 51.1 Å². The van der Waals surface area contributed by atoms with E-state index in [1.165, 1.54) is 17.4 Å². The average Bonchev–Trinajstić information content (AvgIpc) is 3.88. The zero-order chi connectivity index (χ0) is 46.0. The van der Waals surface area contributed by atoms with Crippen molar-refractivity contribution in [3.8, 4) is 0 Å². The minimum Gasteiger partial charge on any atom is -0.457 e. The summed E-state index contributed by atoms with van der Waals surface area (Å²) in [7, 11) is 1.25. The first kappa shape index (κ1) is 46.3. The van der Waals surface area contributed by atoms with Gasteiger partial charge in [-0.3, -0.25) is 19.0 Å². The van der Waals surface area contributed by atoms with Crippen LogP contribution in [0.3, 0.4) is 0 Å². The van der Waals surface area contributed by atoms with Crippen molar-refractivity contribution in [2.24, 2.45) is 16.9 Å². The van der Waals surface area contributed by atoms with E-state index < -0.39 is 45.2 Å². The predicted octanol–water partition coefficient (Wildman–Crippen LogP) is 8.01. The van der Waals surface area contributed by atoms with Crippen LogP contribution in [-0.4, -0.2) is 94.2 Å². The van der Waals surface area contributed by atoms with E-state index in [-0.39, 0.29) is 28.8 Å². The lowest BCUT2D eigenvalue weighted by Gasteiger charge is -2.54. The summed E-state index contributed by atoms with van der Waals surface area (Å²) in [4.78, 5) is 57.9. The maximum absolute atomic E-state index is 15.5. The normalized spacial score (nSPS) is 16.8. The van der Waals surface area contributed by atoms with Crippen LogP contribution in [0.25, 0.3) is 4.83 Å². The molecule has 1 saturated heterocycles. The number of carbonyl (C=O) groups is 3. The lowest BCUT2D eigenvalue weighted by Crippen LogP contribution is -2.71. The van der Waals surface area contributed by atoms with E-state index in [4.69, 9.17) is 19.2 Å². The van der Waals surface area contributed by atoms with Crippen LogP contribution in [0.5, 0.6) is 0 Å². The summed E-state index contributed by atoms with van der Waals surface area (Å²) in [5, 5.41) is 8.91. The van der Waals surface area contributed by atoms with Crippen molar-refractivity contribution < 1.29 is 23.5 Å². The highest BCUT2D eigenvalue weighted by Crippen LogP contribution is 2.51. The maximum atomic E-state index is 15.5. The number of benzene rings is 3. The average molecular weight is 913 g/mol. The van der Waals surface area contributed by atoms with E-state index in [0.29, 0.717) is 16.3 Å². The minimum absolute atomic E-state index is 0.0767. The van der Waals surface area contributed by atoms with Gasteiger partial charge < -0.3 is 19.1 Å².